The maximum Gasteiger partial charge on any atom is 0.352 e. The highest BCUT2D eigenvalue weighted by Gasteiger charge is 2.11. The van der Waals surface area contributed by atoms with E-state index in [9.17, 15) is 14.7 Å². The highest BCUT2D eigenvalue weighted by Crippen LogP contribution is 2.24. The van der Waals surface area contributed by atoms with E-state index in [1.165, 1.54) is 0 Å². The van der Waals surface area contributed by atoms with Crippen molar-refractivity contribution in [3.63, 3.8) is 0 Å². The molecule has 0 unspecified atom stereocenters. The van der Waals surface area contributed by atoms with E-state index in [2.05, 4.69) is 0 Å². The Kier molecular flexibility index (Phi) is 4.16. The van der Waals surface area contributed by atoms with Gasteiger partial charge in [0.15, 0.2) is 0 Å². The van der Waals surface area contributed by atoms with E-state index in [0.717, 1.165) is 11.1 Å². The van der Waals surface area contributed by atoms with Crippen LogP contribution >= 0.6 is 0 Å². The molecular weight excluding hydrogens is 306 g/mol. The number of hydrogen-bond donors (Lipinski definition) is 2. The van der Waals surface area contributed by atoms with Crippen LogP contribution in [0.3, 0.4) is 0 Å². The molecule has 2 N–H and O–H groups in total. The van der Waals surface area contributed by atoms with Gasteiger partial charge >= 0.3 is 11.9 Å². The number of carboxylic acids is 2. The molecule has 24 heavy (non-hydrogen) atoms. The summed E-state index contributed by atoms with van der Waals surface area (Å²) >= 11 is 0. The largest absolute Gasteiger partial charge is 0.478 e. The third-order valence-electron chi connectivity index (χ3n) is 3.82. The zero-order valence-electron chi connectivity index (χ0n) is 12.7. The highest BCUT2D eigenvalue weighted by atomic mass is 16.4. The average molecular weight is 321 g/mol. The van der Waals surface area contributed by atoms with E-state index in [1.54, 1.807) is 47.2 Å². The van der Waals surface area contributed by atoms with Crippen molar-refractivity contribution in [2.75, 3.05) is 0 Å². The summed E-state index contributed by atoms with van der Waals surface area (Å²) in [5, 5.41) is 18.4. The maximum absolute atomic E-state index is 11.3. The number of benzene rings is 2. The van der Waals surface area contributed by atoms with Gasteiger partial charge in [0.1, 0.15) is 5.69 Å². The van der Waals surface area contributed by atoms with Crippen molar-refractivity contribution in [1.29, 1.82) is 0 Å². The van der Waals surface area contributed by atoms with Crippen LogP contribution in [0.4, 0.5) is 0 Å². The van der Waals surface area contributed by atoms with Gasteiger partial charge in [0, 0.05) is 12.7 Å². The molecule has 0 radical (unpaired) electrons. The normalized spacial score (nSPS) is 10.5. The van der Waals surface area contributed by atoms with Gasteiger partial charge in [0.25, 0.3) is 0 Å². The second-order valence-electron chi connectivity index (χ2n) is 5.37. The molecule has 0 atom stereocenters. The van der Waals surface area contributed by atoms with Crippen LogP contribution in [0.1, 0.15) is 26.4 Å². The molecule has 3 aromatic rings. The Morgan fingerprint density at radius 1 is 0.833 bits per heavy atom. The van der Waals surface area contributed by atoms with Crippen LogP contribution in [0.15, 0.2) is 66.9 Å². The summed E-state index contributed by atoms with van der Waals surface area (Å²) in [4.78, 5) is 22.5. The lowest BCUT2D eigenvalue weighted by Gasteiger charge is -2.09. The van der Waals surface area contributed by atoms with Gasteiger partial charge < -0.3 is 14.8 Å². The first kappa shape index (κ1) is 15.6. The first-order valence-electron chi connectivity index (χ1n) is 7.36. The number of nitrogens with zero attached hydrogens (tertiary/aromatic N) is 1. The number of carboxylic acid groups (broad SMARTS) is 2. The summed E-state index contributed by atoms with van der Waals surface area (Å²) in [5.74, 6) is -1.93. The van der Waals surface area contributed by atoms with Crippen molar-refractivity contribution in [3.8, 4) is 11.1 Å². The minimum absolute atomic E-state index is 0.232. The smallest absolute Gasteiger partial charge is 0.352 e. The van der Waals surface area contributed by atoms with Crippen LogP contribution in [-0.4, -0.2) is 26.7 Å². The molecule has 0 saturated carbocycles. The van der Waals surface area contributed by atoms with Gasteiger partial charge in [0.2, 0.25) is 0 Å². The van der Waals surface area contributed by atoms with Crippen molar-refractivity contribution in [3.05, 3.63) is 83.7 Å². The second kappa shape index (κ2) is 6.42. The predicted molar refractivity (Wildman–Crippen MR) is 89.3 cm³/mol. The minimum Gasteiger partial charge on any atom is -0.478 e. The van der Waals surface area contributed by atoms with Gasteiger partial charge in [-0.05, 0) is 34.9 Å². The first-order chi connectivity index (χ1) is 11.6. The van der Waals surface area contributed by atoms with Gasteiger partial charge in [-0.2, -0.15) is 0 Å². The molecule has 0 aliphatic rings. The van der Waals surface area contributed by atoms with Crippen molar-refractivity contribution in [2.24, 2.45) is 0 Å². The summed E-state index contributed by atoms with van der Waals surface area (Å²) in [7, 11) is 0. The summed E-state index contributed by atoms with van der Waals surface area (Å²) in [6.45, 7) is 0.440. The topological polar surface area (TPSA) is 79.5 Å². The number of aromatic carboxylic acids is 2. The summed E-state index contributed by atoms with van der Waals surface area (Å²) in [6, 6.07) is 17.5. The highest BCUT2D eigenvalue weighted by molar-refractivity contribution is 5.96. The summed E-state index contributed by atoms with van der Waals surface area (Å²) < 4.78 is 1.66. The maximum atomic E-state index is 11.3. The minimum atomic E-state index is -0.966. The Morgan fingerprint density at radius 2 is 1.54 bits per heavy atom. The lowest BCUT2D eigenvalue weighted by Crippen LogP contribution is -2.08. The Morgan fingerprint density at radius 3 is 2.21 bits per heavy atom. The molecule has 1 aromatic heterocycles. The van der Waals surface area contributed by atoms with Crippen LogP contribution in [0.2, 0.25) is 0 Å². The molecule has 120 valence electrons. The third kappa shape index (κ3) is 3.05. The number of rotatable bonds is 5. The average Bonchev–Trinajstić information content (AvgIpc) is 3.04. The van der Waals surface area contributed by atoms with Gasteiger partial charge in [0.05, 0.1) is 5.56 Å². The Hall–Kier alpha value is -3.34. The lowest BCUT2D eigenvalue weighted by atomic mass is 9.99. The van der Waals surface area contributed by atoms with Crippen LogP contribution < -0.4 is 0 Å². The van der Waals surface area contributed by atoms with Crippen molar-refractivity contribution >= 4 is 11.9 Å². The molecule has 0 aliphatic carbocycles. The van der Waals surface area contributed by atoms with Gasteiger partial charge in [-0.3, -0.25) is 0 Å². The molecule has 0 amide bonds. The van der Waals surface area contributed by atoms with E-state index in [1.807, 2.05) is 24.3 Å². The van der Waals surface area contributed by atoms with Crippen LogP contribution in [0.25, 0.3) is 11.1 Å². The van der Waals surface area contributed by atoms with Gasteiger partial charge in [-0.15, -0.1) is 0 Å². The third-order valence-corrected chi connectivity index (χ3v) is 3.82. The number of aromatic nitrogens is 1. The molecule has 3 rings (SSSR count). The van der Waals surface area contributed by atoms with Crippen LogP contribution in [-0.2, 0) is 6.54 Å². The standard InChI is InChI=1S/C19H15NO4/c21-18(22)16-5-2-1-4-15(16)14-9-7-13(8-10-14)12-20-11-3-6-17(20)19(23)24/h1-11H,12H2,(H,21,22)(H,23,24). The molecule has 0 saturated heterocycles. The van der Waals surface area contributed by atoms with E-state index < -0.39 is 11.9 Å². The Labute approximate surface area is 138 Å². The SMILES string of the molecule is O=C(O)c1ccccc1-c1ccc(Cn2cccc2C(=O)O)cc1. The van der Waals surface area contributed by atoms with E-state index in [4.69, 9.17) is 5.11 Å². The number of carbonyl (C=O) groups is 2. The van der Waals surface area contributed by atoms with Gasteiger partial charge in [-0.25, -0.2) is 9.59 Å². The lowest BCUT2D eigenvalue weighted by molar-refractivity contribution is 0.0679. The Bertz CT molecular complexity index is 894. The van der Waals surface area contributed by atoms with E-state index in [-0.39, 0.29) is 11.3 Å². The molecular formula is C19H15NO4. The molecule has 5 nitrogen and oxygen atoms in total. The van der Waals surface area contributed by atoms with E-state index in [0.29, 0.717) is 12.1 Å². The molecule has 0 aliphatic heterocycles. The summed E-state index contributed by atoms with van der Waals surface area (Å²) in [6.07, 6.45) is 1.72. The van der Waals surface area contributed by atoms with E-state index >= 15 is 0 Å². The Balaban J connectivity index is 1.88. The molecule has 0 spiro atoms. The summed E-state index contributed by atoms with van der Waals surface area (Å²) in [5.41, 5.74) is 2.89. The number of hydrogen-bond acceptors (Lipinski definition) is 2. The second-order valence-corrected chi connectivity index (χ2v) is 5.37. The molecule has 5 heteroatoms. The first-order valence-corrected chi connectivity index (χ1v) is 7.36. The zero-order valence-corrected chi connectivity index (χ0v) is 12.7. The van der Waals surface area contributed by atoms with Crippen LogP contribution in [0.5, 0.6) is 0 Å². The molecule has 0 fully saturated rings. The fraction of sp³-hybridized carbons (Fsp3) is 0.0526. The fourth-order valence-corrected chi connectivity index (χ4v) is 2.65. The monoisotopic (exact) mass is 321 g/mol. The molecule has 2 aromatic carbocycles. The molecule has 1 heterocycles. The van der Waals surface area contributed by atoms with Crippen molar-refractivity contribution < 1.29 is 19.8 Å². The molecule has 0 bridgehead atoms. The van der Waals surface area contributed by atoms with Crippen molar-refractivity contribution in [1.82, 2.24) is 4.57 Å². The predicted octanol–water partition coefficient (Wildman–Crippen LogP) is 3.60. The van der Waals surface area contributed by atoms with Crippen LogP contribution in [0, 0.1) is 0 Å². The van der Waals surface area contributed by atoms with Crippen molar-refractivity contribution in [2.45, 2.75) is 6.54 Å². The zero-order chi connectivity index (χ0) is 17.1. The quantitative estimate of drug-likeness (QED) is 0.752. The fourth-order valence-electron chi connectivity index (χ4n) is 2.65. The van der Waals surface area contributed by atoms with Gasteiger partial charge in [-0.1, -0.05) is 42.5 Å².